The molecule has 0 amide bonds. The van der Waals surface area contributed by atoms with E-state index in [4.69, 9.17) is 10.5 Å². The number of rotatable bonds is 1. The molecule has 15 heavy (non-hydrogen) atoms. The van der Waals surface area contributed by atoms with Gasteiger partial charge >= 0.3 is 5.97 Å². The number of carbonyl (C=O) groups excluding carboxylic acids is 1. The molecule has 82 valence electrons. The van der Waals surface area contributed by atoms with Gasteiger partial charge in [0.1, 0.15) is 0 Å². The van der Waals surface area contributed by atoms with E-state index >= 15 is 0 Å². The highest BCUT2D eigenvalue weighted by Gasteiger charge is 2.31. The summed E-state index contributed by atoms with van der Waals surface area (Å²) in [5, 5.41) is 0. The molecule has 0 saturated heterocycles. The molecule has 1 aromatic heterocycles. The van der Waals surface area contributed by atoms with E-state index in [9.17, 15) is 4.79 Å². The van der Waals surface area contributed by atoms with E-state index in [1.54, 1.807) is 0 Å². The number of hydrogen-bond donors (Lipinski definition) is 2. The second-order valence-electron chi connectivity index (χ2n) is 4.05. The van der Waals surface area contributed by atoms with Gasteiger partial charge in [0.15, 0.2) is 5.95 Å². The number of nitrogens with two attached hydrogens (primary N) is 1. The first-order valence-electron chi connectivity index (χ1n) is 5.04. The average Bonchev–Trinajstić information content (AvgIpc) is 2.58. The predicted molar refractivity (Wildman–Crippen MR) is 55.2 cm³/mol. The van der Waals surface area contributed by atoms with Gasteiger partial charge in [0.2, 0.25) is 0 Å². The second kappa shape index (κ2) is 3.56. The fraction of sp³-hybridized carbons (Fsp3) is 0.600. The van der Waals surface area contributed by atoms with E-state index < -0.39 is 0 Å². The Bertz CT molecular complexity index is 386. The number of aromatic amines is 1. The van der Waals surface area contributed by atoms with Crippen LogP contribution in [0.25, 0.3) is 0 Å². The minimum atomic E-state index is -0.152. The Morgan fingerprint density at radius 2 is 2.40 bits per heavy atom. The fourth-order valence-electron chi connectivity index (χ4n) is 2.22. The lowest BCUT2D eigenvalue weighted by Gasteiger charge is -2.23. The van der Waals surface area contributed by atoms with Crippen LogP contribution >= 0.6 is 0 Å². The largest absolute Gasteiger partial charge is 0.469 e. The number of methoxy groups -OCH3 is 1. The maximum absolute atomic E-state index is 11.4. The Balaban J connectivity index is 2.25. The molecule has 1 aliphatic rings. The number of hydrogen-bond acceptors (Lipinski definition) is 4. The smallest absolute Gasteiger partial charge is 0.309 e. The van der Waals surface area contributed by atoms with Crippen molar-refractivity contribution in [3.8, 4) is 0 Å². The molecule has 1 heterocycles. The summed E-state index contributed by atoms with van der Waals surface area (Å²) in [6.45, 7) is 2.05. The molecule has 2 atom stereocenters. The van der Waals surface area contributed by atoms with E-state index in [1.165, 1.54) is 7.11 Å². The molecule has 0 radical (unpaired) electrons. The second-order valence-corrected chi connectivity index (χ2v) is 4.05. The zero-order valence-corrected chi connectivity index (χ0v) is 8.91. The van der Waals surface area contributed by atoms with Gasteiger partial charge in [-0.1, -0.05) is 6.92 Å². The van der Waals surface area contributed by atoms with Gasteiger partial charge in [-0.25, -0.2) is 4.98 Å². The minimum absolute atomic E-state index is 0.0719. The standard InChI is InChI=1S/C10H15N3O2/c1-5-3-6(9(14)15-2)4-7-8(5)13-10(11)12-7/h5-6H,3-4H2,1-2H3,(H3,11,12,13). The van der Waals surface area contributed by atoms with Gasteiger partial charge in [-0.15, -0.1) is 0 Å². The molecule has 3 N–H and O–H groups in total. The Hall–Kier alpha value is -1.52. The monoisotopic (exact) mass is 209 g/mol. The maximum atomic E-state index is 11.4. The maximum Gasteiger partial charge on any atom is 0.309 e. The molecule has 0 aromatic carbocycles. The van der Waals surface area contributed by atoms with Crippen LogP contribution < -0.4 is 5.73 Å². The highest BCUT2D eigenvalue weighted by atomic mass is 16.5. The van der Waals surface area contributed by atoms with Crippen molar-refractivity contribution in [2.24, 2.45) is 5.92 Å². The number of carbonyl (C=O) groups is 1. The highest BCUT2D eigenvalue weighted by molar-refractivity contribution is 5.73. The molecule has 1 aliphatic carbocycles. The van der Waals surface area contributed by atoms with Crippen molar-refractivity contribution < 1.29 is 9.53 Å². The molecule has 2 unspecified atom stereocenters. The van der Waals surface area contributed by atoms with Crippen molar-refractivity contribution >= 4 is 11.9 Å². The summed E-state index contributed by atoms with van der Waals surface area (Å²) in [6, 6.07) is 0. The molecule has 5 heteroatoms. The highest BCUT2D eigenvalue weighted by Crippen LogP contribution is 2.33. The molecule has 2 rings (SSSR count). The van der Waals surface area contributed by atoms with Crippen molar-refractivity contribution in [3.63, 3.8) is 0 Å². The Kier molecular flexibility index (Phi) is 2.38. The molecule has 0 saturated carbocycles. The first-order valence-corrected chi connectivity index (χ1v) is 5.04. The van der Waals surface area contributed by atoms with Gasteiger partial charge < -0.3 is 15.5 Å². The number of H-pyrrole nitrogens is 1. The number of ether oxygens (including phenoxy) is 1. The van der Waals surface area contributed by atoms with Crippen LogP contribution in [0.3, 0.4) is 0 Å². The van der Waals surface area contributed by atoms with Gasteiger partial charge in [-0.2, -0.15) is 0 Å². The van der Waals surface area contributed by atoms with E-state index in [-0.39, 0.29) is 17.8 Å². The molecular weight excluding hydrogens is 194 g/mol. The Morgan fingerprint density at radius 1 is 1.67 bits per heavy atom. The minimum Gasteiger partial charge on any atom is -0.469 e. The number of aromatic nitrogens is 2. The molecule has 1 aromatic rings. The summed E-state index contributed by atoms with van der Waals surface area (Å²) in [5.74, 6) is 0.460. The molecule has 0 bridgehead atoms. The quantitative estimate of drug-likeness (QED) is 0.671. The lowest BCUT2D eigenvalue weighted by Crippen LogP contribution is -2.25. The number of imidazole rings is 1. The number of esters is 1. The number of anilines is 1. The molecule has 0 fully saturated rings. The third kappa shape index (κ3) is 1.69. The summed E-state index contributed by atoms with van der Waals surface area (Å²) in [7, 11) is 1.42. The van der Waals surface area contributed by atoms with Crippen LogP contribution in [-0.2, 0) is 16.0 Å². The molecular formula is C10H15N3O2. The number of fused-ring (bicyclic) bond motifs is 1. The van der Waals surface area contributed by atoms with Gasteiger partial charge in [-0.05, 0) is 6.42 Å². The normalized spacial score (nSPS) is 24.7. The van der Waals surface area contributed by atoms with Crippen LogP contribution in [0.4, 0.5) is 5.95 Å². The van der Waals surface area contributed by atoms with Crippen LogP contribution in [-0.4, -0.2) is 23.0 Å². The summed E-state index contributed by atoms with van der Waals surface area (Å²) >= 11 is 0. The Labute approximate surface area is 88.0 Å². The Morgan fingerprint density at radius 3 is 3.07 bits per heavy atom. The average molecular weight is 209 g/mol. The number of nitrogens with zero attached hydrogens (tertiary/aromatic N) is 1. The zero-order valence-electron chi connectivity index (χ0n) is 8.91. The first-order chi connectivity index (χ1) is 7.11. The van der Waals surface area contributed by atoms with Crippen LogP contribution in [0.1, 0.15) is 30.7 Å². The molecule has 0 spiro atoms. The van der Waals surface area contributed by atoms with E-state index in [1.807, 2.05) is 6.92 Å². The van der Waals surface area contributed by atoms with E-state index in [2.05, 4.69) is 9.97 Å². The van der Waals surface area contributed by atoms with Crippen LogP contribution in [0, 0.1) is 5.92 Å². The summed E-state index contributed by atoms with van der Waals surface area (Å²) < 4.78 is 4.76. The summed E-state index contributed by atoms with van der Waals surface area (Å²) in [5.41, 5.74) is 7.56. The van der Waals surface area contributed by atoms with Gasteiger partial charge in [-0.3, -0.25) is 4.79 Å². The van der Waals surface area contributed by atoms with Crippen molar-refractivity contribution in [3.05, 3.63) is 11.4 Å². The van der Waals surface area contributed by atoms with Crippen LogP contribution in [0.5, 0.6) is 0 Å². The first kappa shape index (κ1) is 10.0. The third-order valence-electron chi connectivity index (χ3n) is 2.92. The topological polar surface area (TPSA) is 81.0 Å². The summed E-state index contributed by atoms with van der Waals surface area (Å²) in [6.07, 6.45) is 1.43. The lowest BCUT2D eigenvalue weighted by atomic mass is 9.83. The number of nitrogen functional groups attached to an aromatic ring is 1. The lowest BCUT2D eigenvalue weighted by molar-refractivity contribution is -0.146. The SMILES string of the molecule is COC(=O)C1Cc2[nH]c(N)nc2C(C)C1. The molecule has 0 aliphatic heterocycles. The van der Waals surface area contributed by atoms with Crippen molar-refractivity contribution in [2.45, 2.75) is 25.7 Å². The number of nitrogens with one attached hydrogen (secondary N) is 1. The molecule has 5 nitrogen and oxygen atoms in total. The van der Waals surface area contributed by atoms with Gasteiger partial charge in [0.25, 0.3) is 0 Å². The van der Waals surface area contributed by atoms with Crippen LogP contribution in [0.15, 0.2) is 0 Å². The van der Waals surface area contributed by atoms with E-state index in [0.29, 0.717) is 12.4 Å². The predicted octanol–water partition coefficient (Wildman–Crippen LogP) is 0.831. The fourth-order valence-corrected chi connectivity index (χ4v) is 2.22. The summed E-state index contributed by atoms with van der Waals surface area (Å²) in [4.78, 5) is 18.7. The van der Waals surface area contributed by atoms with Crippen LogP contribution in [0.2, 0.25) is 0 Å². The van der Waals surface area contributed by atoms with Crippen molar-refractivity contribution in [1.82, 2.24) is 9.97 Å². The van der Waals surface area contributed by atoms with Gasteiger partial charge in [0.05, 0.1) is 18.7 Å². The van der Waals surface area contributed by atoms with Crippen molar-refractivity contribution in [1.29, 1.82) is 0 Å². The van der Waals surface area contributed by atoms with E-state index in [0.717, 1.165) is 17.8 Å². The van der Waals surface area contributed by atoms with Gasteiger partial charge in [0, 0.05) is 18.0 Å². The third-order valence-corrected chi connectivity index (χ3v) is 2.92. The van der Waals surface area contributed by atoms with Crippen molar-refractivity contribution in [2.75, 3.05) is 12.8 Å². The zero-order chi connectivity index (χ0) is 11.0.